The molecular formula is C12H26N2O3. The molecule has 0 fully saturated rings. The van der Waals surface area contributed by atoms with Crippen molar-refractivity contribution in [1.82, 2.24) is 5.32 Å². The Morgan fingerprint density at radius 2 is 2.00 bits per heavy atom. The van der Waals surface area contributed by atoms with Gasteiger partial charge in [0.25, 0.3) is 0 Å². The predicted molar refractivity (Wildman–Crippen MR) is 67.8 cm³/mol. The van der Waals surface area contributed by atoms with Crippen LogP contribution in [0.4, 0.5) is 0 Å². The van der Waals surface area contributed by atoms with Gasteiger partial charge in [0.2, 0.25) is 5.91 Å². The highest BCUT2D eigenvalue weighted by Gasteiger charge is 2.13. The van der Waals surface area contributed by atoms with E-state index in [2.05, 4.69) is 19.2 Å². The van der Waals surface area contributed by atoms with Crippen LogP contribution in [0.3, 0.4) is 0 Å². The number of rotatable bonds is 10. The normalized spacial score (nSPS) is 12.8. The van der Waals surface area contributed by atoms with Crippen molar-refractivity contribution in [3.8, 4) is 0 Å². The van der Waals surface area contributed by atoms with Gasteiger partial charge in [-0.25, -0.2) is 0 Å². The number of nitrogens with one attached hydrogen (secondary N) is 1. The molecule has 0 saturated heterocycles. The number of hydrogen-bond donors (Lipinski definition) is 2. The largest absolute Gasteiger partial charge is 0.382 e. The van der Waals surface area contributed by atoms with Crippen molar-refractivity contribution < 1.29 is 14.3 Å². The number of hydrogen-bond acceptors (Lipinski definition) is 4. The molecule has 1 atom stereocenters. The van der Waals surface area contributed by atoms with Crippen molar-refractivity contribution >= 4 is 5.91 Å². The molecule has 0 radical (unpaired) electrons. The smallest absolute Gasteiger partial charge is 0.236 e. The van der Waals surface area contributed by atoms with Gasteiger partial charge in [-0.2, -0.15) is 0 Å². The third-order valence-electron chi connectivity index (χ3n) is 2.26. The average Bonchev–Trinajstić information content (AvgIpc) is 2.26. The molecule has 5 nitrogen and oxygen atoms in total. The van der Waals surface area contributed by atoms with E-state index in [1.54, 1.807) is 7.11 Å². The average molecular weight is 246 g/mol. The van der Waals surface area contributed by atoms with Gasteiger partial charge in [-0.3, -0.25) is 4.79 Å². The summed E-state index contributed by atoms with van der Waals surface area (Å²) in [5.41, 5.74) is 5.74. The molecule has 0 spiro atoms. The Labute approximate surface area is 104 Å². The van der Waals surface area contributed by atoms with E-state index in [0.717, 1.165) is 12.8 Å². The number of carbonyl (C=O) groups excluding carboxylic acids is 1. The van der Waals surface area contributed by atoms with Gasteiger partial charge in [-0.15, -0.1) is 0 Å². The van der Waals surface area contributed by atoms with Crippen molar-refractivity contribution in [3.05, 3.63) is 0 Å². The highest BCUT2D eigenvalue weighted by Crippen LogP contribution is 2.02. The Hall–Kier alpha value is -0.650. The van der Waals surface area contributed by atoms with Crippen LogP contribution in [0.1, 0.15) is 26.7 Å². The molecule has 0 saturated carbocycles. The summed E-state index contributed by atoms with van der Waals surface area (Å²) >= 11 is 0. The molecular weight excluding hydrogens is 220 g/mol. The van der Waals surface area contributed by atoms with Gasteiger partial charge in [0.15, 0.2) is 0 Å². The van der Waals surface area contributed by atoms with Crippen molar-refractivity contribution in [1.29, 1.82) is 0 Å². The number of ether oxygens (including phenoxy) is 2. The van der Waals surface area contributed by atoms with Crippen LogP contribution in [-0.2, 0) is 14.3 Å². The summed E-state index contributed by atoms with van der Waals surface area (Å²) < 4.78 is 10.1. The molecule has 0 aliphatic rings. The van der Waals surface area contributed by atoms with E-state index < -0.39 is 6.04 Å². The summed E-state index contributed by atoms with van der Waals surface area (Å²) in [6.45, 7) is 6.54. The molecule has 0 aromatic heterocycles. The zero-order valence-electron chi connectivity index (χ0n) is 11.2. The van der Waals surface area contributed by atoms with Crippen LogP contribution in [0, 0.1) is 5.92 Å². The minimum atomic E-state index is -0.399. The molecule has 17 heavy (non-hydrogen) atoms. The van der Waals surface area contributed by atoms with Gasteiger partial charge in [0, 0.05) is 20.3 Å². The maximum Gasteiger partial charge on any atom is 0.236 e. The standard InChI is InChI=1S/C12H26N2O3/c1-10(2)9-11(13)12(15)14-5-4-6-17-8-7-16-3/h10-11H,4-9,13H2,1-3H3,(H,14,15)/t11-/m1/s1. The Morgan fingerprint density at radius 1 is 1.29 bits per heavy atom. The van der Waals surface area contributed by atoms with Crippen LogP contribution in [-0.4, -0.2) is 45.4 Å². The van der Waals surface area contributed by atoms with Gasteiger partial charge in [0.1, 0.15) is 0 Å². The first-order chi connectivity index (χ1) is 8.07. The molecule has 0 bridgehead atoms. The van der Waals surface area contributed by atoms with E-state index in [-0.39, 0.29) is 5.91 Å². The number of methoxy groups -OCH3 is 1. The molecule has 0 rings (SSSR count). The lowest BCUT2D eigenvalue weighted by molar-refractivity contribution is -0.122. The van der Waals surface area contributed by atoms with Crippen molar-refractivity contribution in [2.75, 3.05) is 33.5 Å². The zero-order valence-corrected chi connectivity index (χ0v) is 11.2. The van der Waals surface area contributed by atoms with E-state index >= 15 is 0 Å². The summed E-state index contributed by atoms with van der Waals surface area (Å²) in [5, 5.41) is 2.80. The van der Waals surface area contributed by atoms with E-state index in [4.69, 9.17) is 15.2 Å². The van der Waals surface area contributed by atoms with E-state index in [1.807, 2.05) is 0 Å². The number of nitrogens with two attached hydrogens (primary N) is 1. The molecule has 0 aliphatic heterocycles. The van der Waals surface area contributed by atoms with E-state index in [1.165, 1.54) is 0 Å². The van der Waals surface area contributed by atoms with Crippen molar-refractivity contribution in [2.45, 2.75) is 32.7 Å². The fourth-order valence-electron chi connectivity index (χ4n) is 1.38. The summed E-state index contributed by atoms with van der Waals surface area (Å²) in [7, 11) is 1.64. The first kappa shape index (κ1) is 16.4. The van der Waals surface area contributed by atoms with Gasteiger partial charge in [-0.05, 0) is 18.8 Å². The first-order valence-corrected chi connectivity index (χ1v) is 6.18. The van der Waals surface area contributed by atoms with Crippen LogP contribution in [0.2, 0.25) is 0 Å². The molecule has 3 N–H and O–H groups in total. The molecule has 0 aromatic rings. The predicted octanol–water partition coefficient (Wildman–Crippen LogP) is 0.529. The van der Waals surface area contributed by atoms with E-state index in [0.29, 0.717) is 32.3 Å². The summed E-state index contributed by atoms with van der Waals surface area (Å²) in [6, 6.07) is -0.399. The maximum atomic E-state index is 11.5. The quantitative estimate of drug-likeness (QED) is 0.551. The Bertz CT molecular complexity index is 198. The maximum absolute atomic E-state index is 11.5. The van der Waals surface area contributed by atoms with Crippen LogP contribution in [0.15, 0.2) is 0 Å². The lowest BCUT2D eigenvalue weighted by atomic mass is 10.0. The molecule has 102 valence electrons. The monoisotopic (exact) mass is 246 g/mol. The van der Waals surface area contributed by atoms with E-state index in [9.17, 15) is 4.79 Å². The fourth-order valence-corrected chi connectivity index (χ4v) is 1.38. The second kappa shape index (κ2) is 10.5. The first-order valence-electron chi connectivity index (χ1n) is 6.18. The zero-order chi connectivity index (χ0) is 13.1. The summed E-state index contributed by atoms with van der Waals surface area (Å²) in [4.78, 5) is 11.5. The van der Waals surface area contributed by atoms with Crippen LogP contribution in [0.5, 0.6) is 0 Å². The third-order valence-corrected chi connectivity index (χ3v) is 2.26. The lowest BCUT2D eigenvalue weighted by Crippen LogP contribution is -2.41. The highest BCUT2D eigenvalue weighted by atomic mass is 16.5. The fraction of sp³-hybridized carbons (Fsp3) is 0.917. The number of amides is 1. The van der Waals surface area contributed by atoms with Crippen LogP contribution in [0.25, 0.3) is 0 Å². The molecule has 5 heteroatoms. The SMILES string of the molecule is COCCOCCCNC(=O)[C@H](N)CC(C)C. The summed E-state index contributed by atoms with van der Waals surface area (Å²) in [6.07, 6.45) is 1.51. The van der Waals surface area contributed by atoms with Crippen LogP contribution < -0.4 is 11.1 Å². The molecule has 0 aromatic carbocycles. The third kappa shape index (κ3) is 10.2. The van der Waals surface area contributed by atoms with Crippen molar-refractivity contribution in [3.63, 3.8) is 0 Å². The Kier molecular flexibility index (Phi) is 10.1. The van der Waals surface area contributed by atoms with Crippen molar-refractivity contribution in [2.24, 2.45) is 11.7 Å². The minimum absolute atomic E-state index is 0.0735. The minimum Gasteiger partial charge on any atom is -0.382 e. The second-order valence-electron chi connectivity index (χ2n) is 4.49. The van der Waals surface area contributed by atoms with Gasteiger partial charge in [0.05, 0.1) is 19.3 Å². The topological polar surface area (TPSA) is 73.6 Å². The lowest BCUT2D eigenvalue weighted by Gasteiger charge is -2.14. The van der Waals surface area contributed by atoms with Gasteiger partial charge >= 0.3 is 0 Å². The molecule has 1 amide bonds. The highest BCUT2D eigenvalue weighted by molar-refractivity contribution is 5.81. The van der Waals surface area contributed by atoms with Gasteiger partial charge in [-0.1, -0.05) is 13.8 Å². The Morgan fingerprint density at radius 3 is 2.59 bits per heavy atom. The van der Waals surface area contributed by atoms with Gasteiger partial charge < -0.3 is 20.5 Å². The molecule has 0 aliphatic carbocycles. The molecule has 0 unspecified atom stereocenters. The molecule has 0 heterocycles. The Balaban J connectivity index is 3.38. The number of carbonyl (C=O) groups is 1. The summed E-state index contributed by atoms with van der Waals surface area (Å²) in [5.74, 6) is 0.365. The van der Waals surface area contributed by atoms with Crippen LogP contribution >= 0.6 is 0 Å². The second-order valence-corrected chi connectivity index (χ2v) is 4.49.